The number of nitrogens with zero attached hydrogens (tertiary/aromatic N) is 2. The average molecular weight is 263 g/mol. The molecular formula is C16H29N3. The molecule has 1 fully saturated rings. The largest absolute Gasteiger partial charge is 0.317 e. The van der Waals surface area contributed by atoms with Crippen molar-refractivity contribution in [1.82, 2.24) is 15.1 Å². The molecule has 3 heteroatoms. The van der Waals surface area contributed by atoms with Crippen LogP contribution in [0.25, 0.3) is 0 Å². The van der Waals surface area contributed by atoms with Crippen LogP contribution in [-0.4, -0.2) is 22.9 Å². The van der Waals surface area contributed by atoms with Crippen molar-refractivity contribution in [2.24, 2.45) is 5.92 Å². The van der Waals surface area contributed by atoms with Crippen molar-refractivity contribution < 1.29 is 0 Å². The number of aromatic nitrogens is 2. The van der Waals surface area contributed by atoms with E-state index in [9.17, 15) is 0 Å². The fourth-order valence-electron chi connectivity index (χ4n) is 3.20. The van der Waals surface area contributed by atoms with Gasteiger partial charge in [-0.1, -0.05) is 26.7 Å². The minimum absolute atomic E-state index is 0.636. The van der Waals surface area contributed by atoms with Gasteiger partial charge in [0.25, 0.3) is 0 Å². The monoisotopic (exact) mass is 263 g/mol. The molecule has 1 aliphatic rings. The second kappa shape index (κ2) is 7.09. The zero-order valence-electron chi connectivity index (χ0n) is 12.7. The SMILES string of the molecule is CNC(CCCc1ccn(C2CCCC2)n1)C(C)C. The van der Waals surface area contributed by atoms with Gasteiger partial charge in [0.1, 0.15) is 0 Å². The lowest BCUT2D eigenvalue weighted by Gasteiger charge is -2.19. The molecule has 1 aromatic rings. The fraction of sp³-hybridized carbons (Fsp3) is 0.812. The van der Waals surface area contributed by atoms with E-state index in [1.807, 2.05) is 0 Å². The minimum atomic E-state index is 0.636. The van der Waals surface area contributed by atoms with Crippen molar-refractivity contribution in [2.75, 3.05) is 7.05 Å². The zero-order valence-corrected chi connectivity index (χ0v) is 12.7. The summed E-state index contributed by atoms with van der Waals surface area (Å²) in [5.74, 6) is 0.709. The third kappa shape index (κ3) is 4.07. The van der Waals surface area contributed by atoms with E-state index in [2.05, 4.69) is 43.2 Å². The number of hydrogen-bond acceptors (Lipinski definition) is 2. The lowest BCUT2D eigenvalue weighted by molar-refractivity contribution is 0.392. The molecule has 108 valence electrons. The molecule has 19 heavy (non-hydrogen) atoms. The van der Waals surface area contributed by atoms with E-state index >= 15 is 0 Å². The van der Waals surface area contributed by atoms with Gasteiger partial charge in [-0.2, -0.15) is 5.10 Å². The Kier molecular flexibility index (Phi) is 5.44. The summed E-state index contributed by atoms with van der Waals surface area (Å²) in [5, 5.41) is 8.17. The van der Waals surface area contributed by atoms with Crippen molar-refractivity contribution >= 4 is 0 Å². The molecule has 1 heterocycles. The van der Waals surface area contributed by atoms with Gasteiger partial charge in [-0.15, -0.1) is 0 Å². The Morgan fingerprint density at radius 3 is 2.74 bits per heavy atom. The Labute approximate surface area is 117 Å². The van der Waals surface area contributed by atoms with Crippen LogP contribution in [0.2, 0.25) is 0 Å². The van der Waals surface area contributed by atoms with Crippen LogP contribution < -0.4 is 5.32 Å². The van der Waals surface area contributed by atoms with Gasteiger partial charge in [-0.05, 0) is 51.1 Å². The van der Waals surface area contributed by atoms with Gasteiger partial charge in [-0.3, -0.25) is 4.68 Å². The van der Waals surface area contributed by atoms with Gasteiger partial charge in [0.2, 0.25) is 0 Å². The Balaban J connectivity index is 1.77. The molecular weight excluding hydrogens is 234 g/mol. The molecule has 1 N–H and O–H groups in total. The predicted molar refractivity (Wildman–Crippen MR) is 80.4 cm³/mol. The van der Waals surface area contributed by atoms with E-state index in [1.54, 1.807) is 0 Å². The quantitative estimate of drug-likeness (QED) is 0.815. The van der Waals surface area contributed by atoms with Gasteiger partial charge < -0.3 is 5.32 Å². The Hall–Kier alpha value is -0.830. The topological polar surface area (TPSA) is 29.9 Å². The molecule has 1 aromatic heterocycles. The Bertz CT molecular complexity index is 364. The first kappa shape index (κ1) is 14.6. The summed E-state index contributed by atoms with van der Waals surface area (Å²) in [4.78, 5) is 0. The highest BCUT2D eigenvalue weighted by Crippen LogP contribution is 2.28. The van der Waals surface area contributed by atoms with Crippen molar-refractivity contribution in [3.8, 4) is 0 Å². The summed E-state index contributed by atoms with van der Waals surface area (Å²) in [7, 11) is 2.07. The maximum Gasteiger partial charge on any atom is 0.0624 e. The van der Waals surface area contributed by atoms with Gasteiger partial charge in [0, 0.05) is 12.2 Å². The van der Waals surface area contributed by atoms with Crippen molar-refractivity contribution in [2.45, 2.75) is 70.9 Å². The van der Waals surface area contributed by atoms with E-state index in [4.69, 9.17) is 5.10 Å². The standard InChI is InChI=1S/C16H29N3/c1-13(2)16(17-3)10-6-7-14-11-12-19(18-14)15-8-4-5-9-15/h11-13,15-17H,4-10H2,1-3H3. The summed E-state index contributed by atoms with van der Waals surface area (Å²) >= 11 is 0. The fourth-order valence-corrected chi connectivity index (χ4v) is 3.20. The van der Waals surface area contributed by atoms with Crippen molar-refractivity contribution in [1.29, 1.82) is 0 Å². The molecule has 0 amide bonds. The van der Waals surface area contributed by atoms with Crippen molar-refractivity contribution in [3.05, 3.63) is 18.0 Å². The first-order chi connectivity index (χ1) is 9.20. The summed E-state index contributed by atoms with van der Waals surface area (Å²) < 4.78 is 2.21. The molecule has 1 saturated carbocycles. The van der Waals surface area contributed by atoms with Gasteiger partial charge in [-0.25, -0.2) is 0 Å². The smallest absolute Gasteiger partial charge is 0.0624 e. The first-order valence-corrected chi connectivity index (χ1v) is 7.92. The second-order valence-electron chi connectivity index (χ2n) is 6.26. The molecule has 0 aliphatic heterocycles. The molecule has 0 bridgehead atoms. The maximum atomic E-state index is 4.76. The normalized spacial score (nSPS) is 18.3. The molecule has 1 unspecified atom stereocenters. The summed E-state index contributed by atoms with van der Waals surface area (Å²) in [5.41, 5.74) is 1.27. The molecule has 1 aliphatic carbocycles. The molecule has 0 aromatic carbocycles. The van der Waals surface area contributed by atoms with Crippen LogP contribution in [0.1, 0.15) is 64.1 Å². The number of aryl methyl sites for hydroxylation is 1. The highest BCUT2D eigenvalue weighted by molar-refractivity contribution is 5.00. The summed E-state index contributed by atoms with van der Waals surface area (Å²) in [6.45, 7) is 4.58. The third-order valence-corrected chi connectivity index (χ3v) is 4.49. The van der Waals surface area contributed by atoms with E-state index in [-0.39, 0.29) is 0 Å². The molecule has 3 nitrogen and oxygen atoms in total. The van der Waals surface area contributed by atoms with E-state index in [0.29, 0.717) is 18.0 Å². The maximum absolute atomic E-state index is 4.76. The number of nitrogens with one attached hydrogen (secondary N) is 1. The van der Waals surface area contributed by atoms with Crippen LogP contribution in [0, 0.1) is 5.92 Å². The van der Waals surface area contributed by atoms with Gasteiger partial charge in [0.05, 0.1) is 11.7 Å². The zero-order chi connectivity index (χ0) is 13.7. The van der Waals surface area contributed by atoms with Crippen LogP contribution in [0.5, 0.6) is 0 Å². The van der Waals surface area contributed by atoms with Crippen LogP contribution in [0.3, 0.4) is 0 Å². The van der Waals surface area contributed by atoms with Gasteiger partial charge in [0.15, 0.2) is 0 Å². The van der Waals surface area contributed by atoms with Crippen LogP contribution in [0.15, 0.2) is 12.3 Å². The lowest BCUT2D eigenvalue weighted by atomic mass is 9.98. The Morgan fingerprint density at radius 2 is 2.11 bits per heavy atom. The minimum Gasteiger partial charge on any atom is -0.317 e. The molecule has 0 saturated heterocycles. The summed E-state index contributed by atoms with van der Waals surface area (Å²) in [6, 6.07) is 3.52. The molecule has 0 radical (unpaired) electrons. The second-order valence-corrected chi connectivity index (χ2v) is 6.26. The lowest BCUT2D eigenvalue weighted by Crippen LogP contribution is -2.30. The van der Waals surface area contributed by atoms with Crippen LogP contribution in [-0.2, 0) is 6.42 Å². The highest BCUT2D eigenvalue weighted by Gasteiger charge is 2.17. The number of hydrogen-bond donors (Lipinski definition) is 1. The molecule has 1 atom stereocenters. The average Bonchev–Trinajstić information content (AvgIpc) is 3.04. The number of rotatable bonds is 7. The highest BCUT2D eigenvalue weighted by atomic mass is 15.3. The van der Waals surface area contributed by atoms with Crippen LogP contribution in [0.4, 0.5) is 0 Å². The summed E-state index contributed by atoms with van der Waals surface area (Å²) in [6.07, 6.45) is 11.1. The molecule has 0 spiro atoms. The van der Waals surface area contributed by atoms with E-state index < -0.39 is 0 Å². The predicted octanol–water partition coefficient (Wildman–Crippen LogP) is 3.56. The molecule has 2 rings (SSSR count). The van der Waals surface area contributed by atoms with Gasteiger partial charge >= 0.3 is 0 Å². The first-order valence-electron chi connectivity index (χ1n) is 7.92. The van der Waals surface area contributed by atoms with E-state index in [0.717, 1.165) is 6.42 Å². The van der Waals surface area contributed by atoms with E-state index in [1.165, 1.54) is 44.2 Å². The third-order valence-electron chi connectivity index (χ3n) is 4.49. The Morgan fingerprint density at radius 1 is 1.37 bits per heavy atom. The van der Waals surface area contributed by atoms with Crippen LogP contribution >= 0.6 is 0 Å². The van der Waals surface area contributed by atoms with Crippen molar-refractivity contribution in [3.63, 3.8) is 0 Å².